The Morgan fingerprint density at radius 1 is 1.53 bits per heavy atom. The Bertz CT molecular complexity index is 368. The summed E-state index contributed by atoms with van der Waals surface area (Å²) in [4.78, 5) is 0. The zero-order chi connectivity index (χ0) is 11.1. The van der Waals surface area contributed by atoms with Crippen LogP contribution in [-0.4, -0.2) is 16.8 Å². The summed E-state index contributed by atoms with van der Waals surface area (Å²) in [7, 11) is 0. The summed E-state index contributed by atoms with van der Waals surface area (Å²) in [6.45, 7) is 3.60. The Hall–Kier alpha value is -0.730. The molecule has 1 aliphatic rings. The quantitative estimate of drug-likeness (QED) is 0.841. The van der Waals surface area contributed by atoms with Crippen LogP contribution in [-0.2, 0) is 6.42 Å². The second-order valence-electron chi connectivity index (χ2n) is 4.71. The van der Waals surface area contributed by atoms with Crippen LogP contribution in [0, 0.1) is 0 Å². The smallest absolute Gasteiger partial charge is 0.123 e. The van der Waals surface area contributed by atoms with E-state index in [1.165, 1.54) is 0 Å². The van der Waals surface area contributed by atoms with E-state index in [1.807, 2.05) is 18.2 Å². The summed E-state index contributed by atoms with van der Waals surface area (Å²) in [5.74, 6) is 0.897. The molecule has 0 saturated carbocycles. The summed E-state index contributed by atoms with van der Waals surface area (Å²) in [6.07, 6.45) is 1.54. The molecule has 2 nitrogen and oxygen atoms in total. The number of hydrogen-bond donors (Lipinski definition) is 1. The van der Waals surface area contributed by atoms with Gasteiger partial charge in [0.1, 0.15) is 11.9 Å². The first kappa shape index (κ1) is 10.8. The normalized spacial score (nSPS) is 19.9. The van der Waals surface area contributed by atoms with Crippen molar-refractivity contribution >= 4 is 11.6 Å². The largest absolute Gasteiger partial charge is 0.490 e. The lowest BCUT2D eigenvalue weighted by Crippen LogP contribution is -2.28. The molecule has 0 amide bonds. The molecule has 0 saturated heterocycles. The van der Waals surface area contributed by atoms with E-state index in [0.29, 0.717) is 6.42 Å². The lowest BCUT2D eigenvalue weighted by atomic mass is 9.98. The highest BCUT2D eigenvalue weighted by molar-refractivity contribution is 6.30. The molecule has 0 aliphatic carbocycles. The Morgan fingerprint density at radius 2 is 2.27 bits per heavy atom. The fraction of sp³-hybridized carbons (Fsp3) is 0.500. The summed E-state index contributed by atoms with van der Waals surface area (Å²) in [5, 5.41) is 10.4. The number of aliphatic hydroxyl groups is 1. The van der Waals surface area contributed by atoms with Crippen molar-refractivity contribution in [3.8, 4) is 5.75 Å². The topological polar surface area (TPSA) is 29.5 Å². The average Bonchev–Trinajstić information content (AvgIpc) is 2.42. The first-order valence-electron chi connectivity index (χ1n) is 5.11. The van der Waals surface area contributed by atoms with Crippen molar-refractivity contribution in [2.75, 3.05) is 0 Å². The third-order valence-corrected chi connectivity index (χ3v) is 2.73. The van der Waals surface area contributed by atoms with Crippen molar-refractivity contribution in [2.45, 2.75) is 38.4 Å². The summed E-state index contributed by atoms with van der Waals surface area (Å²) in [6, 6.07) is 5.65. The zero-order valence-electron chi connectivity index (χ0n) is 8.96. The molecule has 1 atom stereocenters. The molecule has 15 heavy (non-hydrogen) atoms. The van der Waals surface area contributed by atoms with Gasteiger partial charge in [-0.05, 0) is 37.6 Å². The predicted octanol–water partition coefficient (Wildman–Crippen LogP) is 2.80. The van der Waals surface area contributed by atoms with E-state index >= 15 is 0 Å². The van der Waals surface area contributed by atoms with Crippen molar-refractivity contribution < 1.29 is 9.84 Å². The van der Waals surface area contributed by atoms with Gasteiger partial charge in [0, 0.05) is 17.9 Å². The van der Waals surface area contributed by atoms with Gasteiger partial charge in [-0.1, -0.05) is 11.6 Å². The molecule has 0 spiro atoms. The predicted molar refractivity (Wildman–Crippen MR) is 60.5 cm³/mol. The standard InChI is InChI=1S/C12H15ClO2/c1-12(2,14)7-10-6-8-5-9(13)3-4-11(8)15-10/h3-5,10,14H,6-7H2,1-2H3. The molecule has 1 heterocycles. The zero-order valence-corrected chi connectivity index (χ0v) is 9.71. The maximum atomic E-state index is 9.71. The molecule has 0 bridgehead atoms. The van der Waals surface area contributed by atoms with Crippen LogP contribution in [0.2, 0.25) is 5.02 Å². The van der Waals surface area contributed by atoms with Gasteiger partial charge in [0.2, 0.25) is 0 Å². The fourth-order valence-electron chi connectivity index (χ4n) is 1.96. The first-order valence-corrected chi connectivity index (χ1v) is 5.49. The molecule has 3 heteroatoms. The first-order chi connectivity index (χ1) is 6.94. The van der Waals surface area contributed by atoms with Crippen LogP contribution in [0.5, 0.6) is 5.75 Å². The lowest BCUT2D eigenvalue weighted by molar-refractivity contribution is 0.0333. The Morgan fingerprint density at radius 3 is 2.93 bits per heavy atom. The molecule has 0 aromatic heterocycles. The van der Waals surface area contributed by atoms with E-state index in [0.717, 1.165) is 22.8 Å². The van der Waals surface area contributed by atoms with Gasteiger partial charge in [-0.2, -0.15) is 0 Å². The van der Waals surface area contributed by atoms with Crippen LogP contribution in [0.1, 0.15) is 25.8 Å². The Labute approximate surface area is 94.8 Å². The van der Waals surface area contributed by atoms with Crippen LogP contribution in [0.4, 0.5) is 0 Å². The van der Waals surface area contributed by atoms with Gasteiger partial charge in [0.15, 0.2) is 0 Å². The summed E-state index contributed by atoms with van der Waals surface area (Å²) < 4.78 is 5.72. The maximum Gasteiger partial charge on any atom is 0.123 e. The minimum atomic E-state index is -0.684. The van der Waals surface area contributed by atoms with Gasteiger partial charge >= 0.3 is 0 Å². The van der Waals surface area contributed by atoms with Gasteiger partial charge in [-0.25, -0.2) is 0 Å². The molecule has 1 unspecified atom stereocenters. The average molecular weight is 227 g/mol. The molecule has 1 aromatic carbocycles. The van der Waals surface area contributed by atoms with E-state index < -0.39 is 5.60 Å². The highest BCUT2D eigenvalue weighted by atomic mass is 35.5. The Balaban J connectivity index is 2.09. The van der Waals surface area contributed by atoms with Crippen molar-refractivity contribution in [1.29, 1.82) is 0 Å². The second-order valence-corrected chi connectivity index (χ2v) is 5.15. The van der Waals surface area contributed by atoms with Crippen LogP contribution in [0.15, 0.2) is 18.2 Å². The molecular formula is C12H15ClO2. The molecule has 1 aromatic rings. The van der Waals surface area contributed by atoms with Crippen LogP contribution in [0.25, 0.3) is 0 Å². The second kappa shape index (κ2) is 3.69. The van der Waals surface area contributed by atoms with Crippen LogP contribution < -0.4 is 4.74 Å². The number of benzene rings is 1. The van der Waals surface area contributed by atoms with E-state index in [2.05, 4.69) is 0 Å². The summed E-state index contributed by atoms with van der Waals surface area (Å²) in [5.41, 5.74) is 0.452. The van der Waals surface area contributed by atoms with Gasteiger partial charge < -0.3 is 9.84 Å². The van der Waals surface area contributed by atoms with E-state index in [1.54, 1.807) is 13.8 Å². The highest BCUT2D eigenvalue weighted by Gasteiger charge is 2.28. The molecular weight excluding hydrogens is 212 g/mol. The molecule has 1 N–H and O–H groups in total. The molecule has 0 fully saturated rings. The number of halogens is 1. The fourth-order valence-corrected chi connectivity index (χ4v) is 2.15. The number of fused-ring (bicyclic) bond motifs is 1. The van der Waals surface area contributed by atoms with E-state index in [9.17, 15) is 5.11 Å². The minimum absolute atomic E-state index is 0.0680. The van der Waals surface area contributed by atoms with Crippen molar-refractivity contribution in [1.82, 2.24) is 0 Å². The van der Waals surface area contributed by atoms with Gasteiger partial charge in [-0.15, -0.1) is 0 Å². The third-order valence-electron chi connectivity index (χ3n) is 2.49. The van der Waals surface area contributed by atoms with E-state index in [4.69, 9.17) is 16.3 Å². The number of hydrogen-bond acceptors (Lipinski definition) is 2. The van der Waals surface area contributed by atoms with Gasteiger partial charge in [-0.3, -0.25) is 0 Å². The Kier molecular flexibility index (Phi) is 2.65. The number of rotatable bonds is 2. The lowest BCUT2D eigenvalue weighted by Gasteiger charge is -2.21. The monoisotopic (exact) mass is 226 g/mol. The van der Waals surface area contributed by atoms with E-state index in [-0.39, 0.29) is 6.10 Å². The van der Waals surface area contributed by atoms with Crippen molar-refractivity contribution in [2.24, 2.45) is 0 Å². The SMILES string of the molecule is CC(C)(O)CC1Cc2cc(Cl)ccc2O1. The molecule has 1 aliphatic heterocycles. The van der Waals surface area contributed by atoms with Crippen molar-refractivity contribution in [3.63, 3.8) is 0 Å². The summed E-state index contributed by atoms with van der Waals surface area (Å²) >= 11 is 5.90. The maximum absolute atomic E-state index is 9.71. The molecule has 0 radical (unpaired) electrons. The van der Waals surface area contributed by atoms with Crippen molar-refractivity contribution in [3.05, 3.63) is 28.8 Å². The molecule has 2 rings (SSSR count). The highest BCUT2D eigenvalue weighted by Crippen LogP contribution is 2.33. The van der Waals surface area contributed by atoms with Crippen LogP contribution >= 0.6 is 11.6 Å². The van der Waals surface area contributed by atoms with Gasteiger partial charge in [0.05, 0.1) is 5.60 Å². The molecule has 82 valence electrons. The minimum Gasteiger partial charge on any atom is -0.490 e. The number of ether oxygens (including phenoxy) is 1. The van der Waals surface area contributed by atoms with Crippen LogP contribution in [0.3, 0.4) is 0 Å². The van der Waals surface area contributed by atoms with Gasteiger partial charge in [0.25, 0.3) is 0 Å². The third kappa shape index (κ3) is 2.64.